The lowest BCUT2D eigenvalue weighted by molar-refractivity contribution is -0.110. The van der Waals surface area contributed by atoms with Crippen molar-refractivity contribution in [2.75, 3.05) is 13.1 Å². The number of alkyl halides is 2. The Bertz CT molecular complexity index is 882. The lowest BCUT2D eigenvalue weighted by Gasteiger charge is -2.37. The Morgan fingerprint density at radius 2 is 1.58 bits per heavy atom. The molecule has 2 heterocycles. The number of fused-ring (bicyclic) bond motifs is 3. The summed E-state index contributed by atoms with van der Waals surface area (Å²) in [5.74, 6) is -3.09. The van der Waals surface area contributed by atoms with Gasteiger partial charge in [0.05, 0.1) is 12.6 Å². The van der Waals surface area contributed by atoms with Gasteiger partial charge in [0.2, 0.25) is 0 Å². The van der Waals surface area contributed by atoms with Gasteiger partial charge in [-0.25, -0.2) is 8.78 Å². The molecular formula is C17H14Cl2F2N2O. The molecule has 0 amide bonds. The molecule has 2 aromatic carbocycles. The van der Waals surface area contributed by atoms with Crippen molar-refractivity contribution in [3.63, 3.8) is 0 Å². The van der Waals surface area contributed by atoms with Crippen molar-refractivity contribution >= 4 is 45.0 Å². The van der Waals surface area contributed by atoms with Gasteiger partial charge in [0, 0.05) is 38.4 Å². The number of aromatic nitrogens is 1. The minimum absolute atomic E-state index is 0.114. The summed E-state index contributed by atoms with van der Waals surface area (Å²) in [6.45, 7) is -0.361. The molecule has 2 N–H and O–H groups in total. The van der Waals surface area contributed by atoms with Gasteiger partial charge in [-0.3, -0.25) is 0 Å². The van der Waals surface area contributed by atoms with Gasteiger partial charge >= 0.3 is 0 Å². The number of rotatable bonds is 1. The van der Waals surface area contributed by atoms with E-state index in [1.54, 1.807) is 36.4 Å². The quantitative estimate of drug-likeness (QED) is 0.672. The van der Waals surface area contributed by atoms with Crippen LogP contribution in [0.25, 0.3) is 21.8 Å². The van der Waals surface area contributed by atoms with E-state index < -0.39 is 24.6 Å². The molecule has 0 bridgehead atoms. The predicted molar refractivity (Wildman–Crippen MR) is 92.3 cm³/mol. The van der Waals surface area contributed by atoms with E-state index in [2.05, 4.69) is 5.32 Å². The summed E-state index contributed by atoms with van der Waals surface area (Å²) in [5, 5.41) is 15.4. The number of benzene rings is 2. The third kappa shape index (κ3) is 2.39. The number of nitrogens with zero attached hydrogens (tertiary/aromatic N) is 1. The van der Waals surface area contributed by atoms with Crippen molar-refractivity contribution < 1.29 is 13.9 Å². The molecule has 0 unspecified atom stereocenters. The number of piperidine rings is 1. The molecule has 7 heteroatoms. The predicted octanol–water partition coefficient (Wildman–Crippen LogP) is 4.24. The number of hydrogen-bond acceptors (Lipinski definition) is 2. The molecule has 1 aliphatic rings. The monoisotopic (exact) mass is 370 g/mol. The van der Waals surface area contributed by atoms with Gasteiger partial charge < -0.3 is 15.0 Å². The Morgan fingerprint density at radius 3 is 2.08 bits per heavy atom. The fourth-order valence-corrected chi connectivity index (χ4v) is 3.89. The Labute approximate surface area is 146 Å². The third-order valence-electron chi connectivity index (χ3n) is 4.52. The number of nitrogens with one attached hydrogen (secondary N) is 1. The van der Waals surface area contributed by atoms with E-state index in [-0.39, 0.29) is 6.54 Å². The topological polar surface area (TPSA) is 37.2 Å². The summed E-state index contributed by atoms with van der Waals surface area (Å²) in [5.41, 5.74) is 1.20. The molecule has 3 aromatic rings. The summed E-state index contributed by atoms with van der Waals surface area (Å²) in [4.78, 5) is 0. The maximum atomic E-state index is 14.6. The maximum Gasteiger partial charge on any atom is 0.283 e. The first kappa shape index (κ1) is 16.1. The zero-order valence-electron chi connectivity index (χ0n) is 12.4. The van der Waals surface area contributed by atoms with E-state index >= 15 is 0 Å². The molecule has 2 atom stereocenters. The van der Waals surface area contributed by atoms with Gasteiger partial charge in [-0.15, -0.1) is 0 Å². The fraction of sp³-hybridized carbons (Fsp3) is 0.294. The highest BCUT2D eigenvalue weighted by molar-refractivity contribution is 6.33. The van der Waals surface area contributed by atoms with Crippen molar-refractivity contribution in [2.45, 2.75) is 18.1 Å². The molecule has 1 fully saturated rings. The highest BCUT2D eigenvalue weighted by atomic mass is 35.5. The average molecular weight is 371 g/mol. The van der Waals surface area contributed by atoms with Crippen molar-refractivity contribution in [1.82, 2.24) is 9.88 Å². The lowest BCUT2D eigenvalue weighted by atomic mass is 9.98. The molecule has 1 saturated heterocycles. The van der Waals surface area contributed by atoms with E-state index in [9.17, 15) is 13.9 Å². The van der Waals surface area contributed by atoms with Crippen LogP contribution in [0.5, 0.6) is 0 Å². The van der Waals surface area contributed by atoms with Crippen LogP contribution in [0, 0.1) is 0 Å². The number of aliphatic hydroxyl groups excluding tert-OH is 1. The van der Waals surface area contributed by atoms with Crippen LogP contribution in [0.15, 0.2) is 36.4 Å². The van der Waals surface area contributed by atoms with Gasteiger partial charge in [0.15, 0.2) is 0 Å². The fourth-order valence-electron chi connectivity index (χ4n) is 3.54. The second-order valence-corrected chi connectivity index (χ2v) is 6.97. The smallest absolute Gasteiger partial charge is 0.283 e. The number of aliphatic hydroxyl groups is 1. The van der Waals surface area contributed by atoms with Crippen molar-refractivity contribution in [1.29, 1.82) is 0 Å². The van der Waals surface area contributed by atoms with Crippen LogP contribution < -0.4 is 5.32 Å². The molecule has 4 rings (SSSR count). The minimum atomic E-state index is -3.09. The largest absolute Gasteiger partial charge is 0.389 e. The standard InChI is InChI=1S/C17H14Cl2F2N2O/c18-9-1-3-13-11(5-9)12-6-10(19)2-4-14(12)23(13)16-15(24)7-22-8-17(16,20)21/h1-6,15-16,22,24H,7-8H2/t15-,16+/m0/s1. The van der Waals surface area contributed by atoms with E-state index in [1.165, 1.54) is 4.57 Å². The summed E-state index contributed by atoms with van der Waals surface area (Å²) < 4.78 is 30.7. The lowest BCUT2D eigenvalue weighted by Crippen LogP contribution is -2.54. The summed E-state index contributed by atoms with van der Waals surface area (Å²) >= 11 is 12.2. The average Bonchev–Trinajstić information content (AvgIpc) is 2.80. The van der Waals surface area contributed by atoms with Gasteiger partial charge in [-0.1, -0.05) is 23.2 Å². The Kier molecular flexibility index (Phi) is 3.73. The molecule has 1 aliphatic heterocycles. The summed E-state index contributed by atoms with van der Waals surface area (Å²) in [6.07, 6.45) is -1.21. The van der Waals surface area contributed by atoms with E-state index in [0.717, 1.165) is 10.8 Å². The zero-order chi connectivity index (χ0) is 17.1. The SMILES string of the molecule is O[C@H]1CNCC(F)(F)[C@@H]1n1c2ccc(Cl)cc2c2cc(Cl)ccc21. The Hall–Kier alpha value is -1.40. The van der Waals surface area contributed by atoms with Crippen LogP contribution in [-0.2, 0) is 0 Å². The molecule has 0 aliphatic carbocycles. The molecule has 126 valence electrons. The highest BCUT2D eigenvalue weighted by Crippen LogP contribution is 2.41. The van der Waals surface area contributed by atoms with Crippen LogP contribution in [0.1, 0.15) is 6.04 Å². The molecule has 1 aromatic heterocycles. The second kappa shape index (κ2) is 5.56. The maximum absolute atomic E-state index is 14.6. The van der Waals surface area contributed by atoms with Crippen molar-refractivity contribution in [3.8, 4) is 0 Å². The molecule has 0 spiro atoms. The highest BCUT2D eigenvalue weighted by Gasteiger charge is 2.48. The van der Waals surface area contributed by atoms with Crippen LogP contribution in [0.3, 0.4) is 0 Å². The number of hydrogen-bond donors (Lipinski definition) is 2. The molecule has 0 radical (unpaired) electrons. The first-order chi connectivity index (χ1) is 11.4. The normalized spacial score (nSPS) is 23.9. The zero-order valence-corrected chi connectivity index (χ0v) is 14.0. The number of halogens is 4. The van der Waals surface area contributed by atoms with Gasteiger partial charge in [0.25, 0.3) is 5.92 Å². The molecule has 3 nitrogen and oxygen atoms in total. The number of β-amino-alcohol motifs (C(OH)–C–C–N with tert-alkyl or cyclic N) is 1. The van der Waals surface area contributed by atoms with Crippen LogP contribution in [-0.4, -0.2) is 34.8 Å². The second-order valence-electron chi connectivity index (χ2n) is 6.10. The van der Waals surface area contributed by atoms with Gasteiger partial charge in [0.1, 0.15) is 6.04 Å². The molecule has 0 saturated carbocycles. The van der Waals surface area contributed by atoms with E-state index in [0.29, 0.717) is 21.1 Å². The Morgan fingerprint density at radius 1 is 1.04 bits per heavy atom. The van der Waals surface area contributed by atoms with Crippen molar-refractivity contribution in [3.05, 3.63) is 46.4 Å². The van der Waals surface area contributed by atoms with Crippen LogP contribution in [0.4, 0.5) is 8.78 Å². The summed E-state index contributed by atoms with van der Waals surface area (Å²) in [7, 11) is 0. The van der Waals surface area contributed by atoms with Crippen molar-refractivity contribution in [2.24, 2.45) is 0 Å². The van der Waals surface area contributed by atoms with Gasteiger partial charge in [-0.2, -0.15) is 0 Å². The molecular weight excluding hydrogens is 357 g/mol. The third-order valence-corrected chi connectivity index (χ3v) is 4.99. The first-order valence-electron chi connectivity index (χ1n) is 7.54. The van der Waals surface area contributed by atoms with Crippen LogP contribution in [0.2, 0.25) is 10.0 Å². The van der Waals surface area contributed by atoms with Crippen LogP contribution >= 0.6 is 23.2 Å². The molecule has 24 heavy (non-hydrogen) atoms. The van der Waals surface area contributed by atoms with E-state index in [4.69, 9.17) is 23.2 Å². The first-order valence-corrected chi connectivity index (χ1v) is 8.29. The van der Waals surface area contributed by atoms with E-state index in [1.807, 2.05) is 0 Å². The minimum Gasteiger partial charge on any atom is -0.389 e. The Balaban J connectivity index is 2.10. The summed E-state index contributed by atoms with van der Waals surface area (Å²) in [6, 6.07) is 8.84. The van der Waals surface area contributed by atoms with Gasteiger partial charge in [-0.05, 0) is 36.4 Å².